The molecule has 0 aromatic heterocycles. The fourth-order valence-electron chi connectivity index (χ4n) is 3.10. The quantitative estimate of drug-likeness (QED) is 0.614. The number of hydrogen-bond acceptors (Lipinski definition) is 3. The van der Waals surface area contributed by atoms with Gasteiger partial charge in [0.2, 0.25) is 0 Å². The van der Waals surface area contributed by atoms with Gasteiger partial charge in [-0.15, -0.1) is 0 Å². The summed E-state index contributed by atoms with van der Waals surface area (Å²) in [5.74, 6) is 7.18. The van der Waals surface area contributed by atoms with Gasteiger partial charge in [0.25, 0.3) is 0 Å². The van der Waals surface area contributed by atoms with Crippen molar-refractivity contribution in [2.45, 2.75) is 39.0 Å². The number of esters is 1. The summed E-state index contributed by atoms with van der Waals surface area (Å²) in [6.07, 6.45) is 1.28. The predicted octanol–water partition coefficient (Wildman–Crippen LogP) is 4.25. The molecule has 3 rings (SSSR count). The van der Waals surface area contributed by atoms with E-state index >= 15 is 0 Å². The third kappa shape index (κ3) is 4.26. The Balaban J connectivity index is 1.81. The molecule has 2 aromatic rings. The van der Waals surface area contributed by atoms with E-state index in [0.717, 1.165) is 35.5 Å². The molecule has 26 heavy (non-hydrogen) atoms. The SMILES string of the molecule is CCOC(=O)Cc1cccc(C#Cc2ccc3c(c2)C(C)(C)CCO3)c1. The van der Waals surface area contributed by atoms with Gasteiger partial charge in [0.05, 0.1) is 19.6 Å². The predicted molar refractivity (Wildman–Crippen MR) is 102 cm³/mol. The summed E-state index contributed by atoms with van der Waals surface area (Å²) in [5, 5.41) is 0. The molecule has 2 aromatic carbocycles. The lowest BCUT2D eigenvalue weighted by Crippen LogP contribution is -2.26. The third-order valence-corrected chi connectivity index (χ3v) is 4.63. The van der Waals surface area contributed by atoms with Crippen molar-refractivity contribution < 1.29 is 14.3 Å². The summed E-state index contributed by atoms with van der Waals surface area (Å²) in [7, 11) is 0. The lowest BCUT2D eigenvalue weighted by atomic mass is 9.79. The first-order valence-corrected chi connectivity index (χ1v) is 9.02. The van der Waals surface area contributed by atoms with Crippen LogP contribution < -0.4 is 4.74 Å². The molecule has 1 aliphatic rings. The Morgan fingerprint density at radius 2 is 1.92 bits per heavy atom. The number of rotatable bonds is 3. The van der Waals surface area contributed by atoms with Crippen LogP contribution in [0.3, 0.4) is 0 Å². The van der Waals surface area contributed by atoms with Crippen molar-refractivity contribution in [1.29, 1.82) is 0 Å². The largest absolute Gasteiger partial charge is 0.493 e. The Morgan fingerprint density at radius 1 is 1.15 bits per heavy atom. The summed E-state index contributed by atoms with van der Waals surface area (Å²) < 4.78 is 10.8. The maximum Gasteiger partial charge on any atom is 0.310 e. The van der Waals surface area contributed by atoms with Gasteiger partial charge >= 0.3 is 5.97 Å². The van der Waals surface area contributed by atoms with Gasteiger partial charge in [0.15, 0.2) is 0 Å². The van der Waals surface area contributed by atoms with Gasteiger partial charge in [-0.1, -0.05) is 37.8 Å². The Bertz CT molecular complexity index is 869. The number of hydrogen-bond donors (Lipinski definition) is 0. The lowest BCUT2D eigenvalue weighted by molar-refractivity contribution is -0.142. The van der Waals surface area contributed by atoms with E-state index in [1.54, 1.807) is 0 Å². The highest BCUT2D eigenvalue weighted by molar-refractivity contribution is 5.72. The topological polar surface area (TPSA) is 35.5 Å². The van der Waals surface area contributed by atoms with Gasteiger partial charge in [-0.3, -0.25) is 4.79 Å². The van der Waals surface area contributed by atoms with E-state index in [-0.39, 0.29) is 17.8 Å². The number of ether oxygens (including phenoxy) is 2. The summed E-state index contributed by atoms with van der Waals surface area (Å²) in [4.78, 5) is 11.6. The van der Waals surface area contributed by atoms with Gasteiger partial charge in [0, 0.05) is 16.7 Å². The Hall–Kier alpha value is -2.73. The van der Waals surface area contributed by atoms with Gasteiger partial charge in [-0.2, -0.15) is 0 Å². The van der Waals surface area contributed by atoms with E-state index in [1.165, 1.54) is 5.56 Å². The molecular formula is C23H24O3. The minimum atomic E-state index is -0.213. The second kappa shape index (κ2) is 7.66. The molecule has 0 spiro atoms. The van der Waals surface area contributed by atoms with Crippen molar-refractivity contribution in [1.82, 2.24) is 0 Å². The number of carbonyl (C=O) groups excluding carboxylic acids is 1. The molecule has 0 amide bonds. The molecule has 0 saturated heterocycles. The van der Waals surface area contributed by atoms with E-state index in [2.05, 4.69) is 31.8 Å². The average Bonchev–Trinajstić information content (AvgIpc) is 2.60. The number of fused-ring (bicyclic) bond motifs is 1. The molecule has 3 heteroatoms. The van der Waals surface area contributed by atoms with E-state index in [0.29, 0.717) is 6.61 Å². The maximum absolute atomic E-state index is 11.6. The van der Waals surface area contributed by atoms with Crippen LogP contribution in [0.1, 0.15) is 49.4 Å². The van der Waals surface area contributed by atoms with Gasteiger partial charge < -0.3 is 9.47 Å². The van der Waals surface area contributed by atoms with E-state index in [1.807, 2.05) is 43.3 Å². The standard InChI is InChI=1S/C23H24O3/c1-4-25-22(24)16-19-7-5-6-17(14-19)8-9-18-10-11-21-20(15-18)23(2,3)12-13-26-21/h5-7,10-11,14-15H,4,12-13,16H2,1-3H3. The molecule has 3 nitrogen and oxygen atoms in total. The first-order valence-electron chi connectivity index (χ1n) is 9.02. The summed E-state index contributed by atoms with van der Waals surface area (Å²) in [6, 6.07) is 13.9. The number of benzene rings is 2. The fourth-order valence-corrected chi connectivity index (χ4v) is 3.10. The summed E-state index contributed by atoms with van der Waals surface area (Å²) in [5.41, 5.74) is 4.09. The van der Waals surface area contributed by atoms with Crippen LogP contribution in [-0.2, 0) is 21.4 Å². The van der Waals surface area contributed by atoms with Crippen LogP contribution in [0.25, 0.3) is 0 Å². The molecule has 0 fully saturated rings. The molecule has 1 heterocycles. The minimum absolute atomic E-state index is 0.102. The Labute approximate surface area is 155 Å². The molecule has 0 atom stereocenters. The Morgan fingerprint density at radius 3 is 2.69 bits per heavy atom. The van der Waals surface area contributed by atoms with Gasteiger partial charge in [-0.25, -0.2) is 0 Å². The van der Waals surface area contributed by atoms with Crippen molar-refractivity contribution >= 4 is 5.97 Å². The Kier molecular flexibility index (Phi) is 5.32. The van der Waals surface area contributed by atoms with Crippen LogP contribution in [0.4, 0.5) is 0 Å². The summed E-state index contributed by atoms with van der Waals surface area (Å²) >= 11 is 0. The molecule has 0 N–H and O–H groups in total. The molecule has 0 saturated carbocycles. The minimum Gasteiger partial charge on any atom is -0.493 e. The van der Waals surface area contributed by atoms with Crippen LogP contribution >= 0.6 is 0 Å². The monoisotopic (exact) mass is 348 g/mol. The zero-order valence-electron chi connectivity index (χ0n) is 15.6. The van der Waals surface area contributed by atoms with Crippen LogP contribution in [0.5, 0.6) is 5.75 Å². The van der Waals surface area contributed by atoms with Crippen LogP contribution in [0, 0.1) is 11.8 Å². The van der Waals surface area contributed by atoms with E-state index < -0.39 is 0 Å². The second-order valence-corrected chi connectivity index (χ2v) is 7.13. The van der Waals surface area contributed by atoms with Crippen molar-refractivity contribution in [3.63, 3.8) is 0 Å². The zero-order chi connectivity index (χ0) is 18.6. The first kappa shape index (κ1) is 18.1. The number of carbonyl (C=O) groups is 1. The smallest absolute Gasteiger partial charge is 0.310 e. The average molecular weight is 348 g/mol. The highest BCUT2D eigenvalue weighted by Gasteiger charge is 2.28. The normalized spacial score (nSPS) is 14.4. The molecule has 0 aliphatic carbocycles. The van der Waals surface area contributed by atoms with Crippen molar-refractivity contribution in [2.75, 3.05) is 13.2 Å². The van der Waals surface area contributed by atoms with Crippen molar-refractivity contribution in [2.24, 2.45) is 0 Å². The molecule has 0 unspecified atom stereocenters. The van der Waals surface area contributed by atoms with Crippen LogP contribution in [0.15, 0.2) is 42.5 Å². The van der Waals surface area contributed by atoms with Crippen LogP contribution in [-0.4, -0.2) is 19.2 Å². The van der Waals surface area contributed by atoms with Crippen LogP contribution in [0.2, 0.25) is 0 Å². The highest BCUT2D eigenvalue weighted by Crippen LogP contribution is 2.38. The second-order valence-electron chi connectivity index (χ2n) is 7.13. The lowest BCUT2D eigenvalue weighted by Gasteiger charge is -2.32. The molecule has 0 radical (unpaired) electrons. The van der Waals surface area contributed by atoms with Crippen molar-refractivity contribution in [3.8, 4) is 17.6 Å². The zero-order valence-corrected chi connectivity index (χ0v) is 15.6. The molecule has 1 aliphatic heterocycles. The molecular weight excluding hydrogens is 324 g/mol. The molecule has 0 bridgehead atoms. The van der Waals surface area contributed by atoms with E-state index in [9.17, 15) is 4.79 Å². The van der Waals surface area contributed by atoms with Crippen molar-refractivity contribution in [3.05, 3.63) is 64.7 Å². The summed E-state index contributed by atoms with van der Waals surface area (Å²) in [6.45, 7) is 7.45. The van der Waals surface area contributed by atoms with E-state index in [4.69, 9.17) is 9.47 Å². The molecule has 134 valence electrons. The van der Waals surface area contributed by atoms with Gasteiger partial charge in [0.1, 0.15) is 5.75 Å². The van der Waals surface area contributed by atoms with Gasteiger partial charge in [-0.05, 0) is 54.7 Å². The highest BCUT2D eigenvalue weighted by atomic mass is 16.5. The fraction of sp³-hybridized carbons (Fsp3) is 0.348. The first-order chi connectivity index (χ1) is 12.5. The maximum atomic E-state index is 11.6. The third-order valence-electron chi connectivity index (χ3n) is 4.63.